The average molecular weight is 299 g/mol. The molecule has 3 nitrogen and oxygen atoms in total. The number of pyridine rings is 1. The molecule has 0 saturated carbocycles. The van der Waals surface area contributed by atoms with E-state index in [4.69, 9.17) is 5.26 Å². The van der Waals surface area contributed by atoms with Crippen LogP contribution >= 0.6 is 0 Å². The number of rotatable bonds is 4. The topological polar surface area (TPSA) is 48.7 Å². The van der Waals surface area contributed by atoms with Crippen molar-refractivity contribution in [2.75, 3.05) is 5.32 Å². The maximum atomic E-state index is 8.92. The molecule has 0 amide bonds. The van der Waals surface area contributed by atoms with Gasteiger partial charge in [-0.25, -0.2) is 0 Å². The lowest BCUT2D eigenvalue weighted by atomic mass is 10.0. The SMILES string of the molecule is Cc1cccc(C(Nc2ccc(C#N)cc2)c2ccccn2)c1. The zero-order valence-electron chi connectivity index (χ0n) is 12.9. The van der Waals surface area contributed by atoms with Crippen molar-refractivity contribution >= 4 is 5.69 Å². The fourth-order valence-corrected chi connectivity index (χ4v) is 2.53. The molecule has 112 valence electrons. The summed E-state index contributed by atoms with van der Waals surface area (Å²) in [4.78, 5) is 4.50. The molecule has 0 saturated heterocycles. The van der Waals surface area contributed by atoms with E-state index in [1.165, 1.54) is 5.56 Å². The van der Waals surface area contributed by atoms with E-state index in [-0.39, 0.29) is 6.04 Å². The molecule has 1 atom stereocenters. The predicted octanol–water partition coefficient (Wildman–Crippen LogP) is 4.46. The maximum absolute atomic E-state index is 8.92. The minimum Gasteiger partial charge on any atom is -0.373 e. The summed E-state index contributed by atoms with van der Waals surface area (Å²) >= 11 is 0. The monoisotopic (exact) mass is 299 g/mol. The Bertz CT molecular complexity index is 818. The van der Waals surface area contributed by atoms with Crippen molar-refractivity contribution < 1.29 is 0 Å². The second-order valence-corrected chi connectivity index (χ2v) is 5.44. The Hall–Kier alpha value is -3.12. The Morgan fingerprint density at radius 1 is 1.00 bits per heavy atom. The molecule has 1 aromatic heterocycles. The van der Waals surface area contributed by atoms with Crippen molar-refractivity contribution in [2.45, 2.75) is 13.0 Å². The predicted molar refractivity (Wildman–Crippen MR) is 92.0 cm³/mol. The first-order chi connectivity index (χ1) is 11.3. The van der Waals surface area contributed by atoms with E-state index in [1.54, 1.807) is 6.20 Å². The van der Waals surface area contributed by atoms with E-state index >= 15 is 0 Å². The maximum Gasteiger partial charge on any atom is 0.0991 e. The van der Waals surface area contributed by atoms with Gasteiger partial charge < -0.3 is 5.32 Å². The van der Waals surface area contributed by atoms with Crippen LogP contribution in [0.15, 0.2) is 72.9 Å². The second kappa shape index (κ2) is 6.76. The van der Waals surface area contributed by atoms with Crippen molar-refractivity contribution in [1.82, 2.24) is 4.98 Å². The summed E-state index contributed by atoms with van der Waals surface area (Å²) in [5.74, 6) is 0. The van der Waals surface area contributed by atoms with E-state index in [1.807, 2.05) is 42.5 Å². The molecule has 0 aliphatic heterocycles. The van der Waals surface area contributed by atoms with Gasteiger partial charge in [0.25, 0.3) is 0 Å². The third kappa shape index (κ3) is 3.56. The smallest absolute Gasteiger partial charge is 0.0991 e. The zero-order valence-corrected chi connectivity index (χ0v) is 12.9. The summed E-state index contributed by atoms with van der Waals surface area (Å²) in [6.07, 6.45) is 1.80. The van der Waals surface area contributed by atoms with E-state index < -0.39 is 0 Å². The lowest BCUT2D eigenvalue weighted by Crippen LogP contribution is -2.13. The number of aryl methyl sites for hydroxylation is 1. The van der Waals surface area contributed by atoms with Gasteiger partial charge in [0.05, 0.1) is 23.4 Å². The standard InChI is InChI=1S/C20H17N3/c1-15-5-4-6-17(13-15)20(19-7-2-3-12-22-19)23-18-10-8-16(14-21)9-11-18/h2-13,20,23H,1H3. The molecule has 0 radical (unpaired) electrons. The van der Waals surface area contributed by atoms with Gasteiger partial charge >= 0.3 is 0 Å². The van der Waals surface area contributed by atoms with Gasteiger partial charge in [-0.15, -0.1) is 0 Å². The Balaban J connectivity index is 1.96. The highest BCUT2D eigenvalue weighted by atomic mass is 14.9. The Morgan fingerprint density at radius 2 is 1.83 bits per heavy atom. The quantitative estimate of drug-likeness (QED) is 0.773. The Morgan fingerprint density at radius 3 is 2.48 bits per heavy atom. The number of hydrogen-bond acceptors (Lipinski definition) is 3. The summed E-state index contributed by atoms with van der Waals surface area (Å²) in [5.41, 5.74) is 4.95. The fraction of sp³-hybridized carbons (Fsp3) is 0.100. The zero-order chi connectivity index (χ0) is 16.1. The Labute approximate surface area is 136 Å². The van der Waals surface area contributed by atoms with Gasteiger partial charge in [-0.2, -0.15) is 5.26 Å². The normalized spacial score (nSPS) is 11.5. The lowest BCUT2D eigenvalue weighted by Gasteiger charge is -2.20. The van der Waals surface area contributed by atoms with Gasteiger partial charge in [0.15, 0.2) is 0 Å². The van der Waals surface area contributed by atoms with Crippen LogP contribution in [0.3, 0.4) is 0 Å². The molecule has 3 aromatic rings. The highest BCUT2D eigenvalue weighted by molar-refractivity contribution is 5.51. The molecule has 1 N–H and O–H groups in total. The molecule has 0 fully saturated rings. The highest BCUT2D eigenvalue weighted by Crippen LogP contribution is 2.26. The Kier molecular flexibility index (Phi) is 4.35. The average Bonchev–Trinajstić information content (AvgIpc) is 2.61. The van der Waals surface area contributed by atoms with E-state index in [0.717, 1.165) is 16.9 Å². The molecular weight excluding hydrogens is 282 g/mol. The molecule has 23 heavy (non-hydrogen) atoms. The van der Waals surface area contributed by atoms with Crippen LogP contribution < -0.4 is 5.32 Å². The molecule has 3 rings (SSSR count). The first kappa shape index (κ1) is 14.8. The van der Waals surface area contributed by atoms with Gasteiger partial charge in [-0.1, -0.05) is 35.9 Å². The van der Waals surface area contributed by atoms with E-state index in [0.29, 0.717) is 5.56 Å². The first-order valence-electron chi connectivity index (χ1n) is 7.50. The van der Waals surface area contributed by atoms with Gasteiger partial charge in [-0.05, 0) is 48.9 Å². The minimum atomic E-state index is -0.0379. The minimum absolute atomic E-state index is 0.0379. The van der Waals surface area contributed by atoms with Crippen LogP contribution in [0, 0.1) is 18.3 Å². The molecule has 3 heteroatoms. The number of aromatic nitrogens is 1. The number of nitrogens with one attached hydrogen (secondary N) is 1. The van der Waals surface area contributed by atoms with E-state index in [2.05, 4.69) is 47.6 Å². The molecule has 0 aliphatic rings. The van der Waals surface area contributed by atoms with Crippen LogP contribution in [-0.2, 0) is 0 Å². The lowest BCUT2D eigenvalue weighted by molar-refractivity contribution is 0.885. The van der Waals surface area contributed by atoms with Crippen LogP contribution in [-0.4, -0.2) is 4.98 Å². The van der Waals surface area contributed by atoms with Crippen molar-refractivity contribution in [3.05, 3.63) is 95.3 Å². The third-order valence-corrected chi connectivity index (χ3v) is 3.68. The van der Waals surface area contributed by atoms with E-state index in [9.17, 15) is 0 Å². The van der Waals surface area contributed by atoms with Crippen LogP contribution in [0.1, 0.15) is 28.4 Å². The van der Waals surface area contributed by atoms with Crippen molar-refractivity contribution in [1.29, 1.82) is 5.26 Å². The highest BCUT2D eigenvalue weighted by Gasteiger charge is 2.15. The van der Waals surface area contributed by atoms with Gasteiger partial charge in [-0.3, -0.25) is 4.98 Å². The number of nitriles is 1. The van der Waals surface area contributed by atoms with Crippen LogP contribution in [0.4, 0.5) is 5.69 Å². The second-order valence-electron chi connectivity index (χ2n) is 5.44. The summed E-state index contributed by atoms with van der Waals surface area (Å²) < 4.78 is 0. The van der Waals surface area contributed by atoms with Crippen molar-refractivity contribution in [3.63, 3.8) is 0 Å². The number of hydrogen-bond donors (Lipinski definition) is 1. The number of benzene rings is 2. The molecule has 0 spiro atoms. The summed E-state index contributed by atoms with van der Waals surface area (Å²) in [7, 11) is 0. The largest absolute Gasteiger partial charge is 0.373 e. The molecule has 1 unspecified atom stereocenters. The number of anilines is 1. The van der Waals surface area contributed by atoms with Crippen LogP contribution in [0.5, 0.6) is 0 Å². The van der Waals surface area contributed by atoms with Crippen molar-refractivity contribution in [2.24, 2.45) is 0 Å². The summed E-state index contributed by atoms with van der Waals surface area (Å²) in [6.45, 7) is 2.08. The summed E-state index contributed by atoms with van der Waals surface area (Å²) in [6, 6.07) is 23.9. The first-order valence-corrected chi connectivity index (χ1v) is 7.50. The summed E-state index contributed by atoms with van der Waals surface area (Å²) in [5, 5.41) is 12.4. The molecule has 1 heterocycles. The molecule has 2 aromatic carbocycles. The van der Waals surface area contributed by atoms with Crippen LogP contribution in [0.25, 0.3) is 0 Å². The molecule has 0 bridgehead atoms. The molecule has 0 aliphatic carbocycles. The van der Waals surface area contributed by atoms with Crippen LogP contribution in [0.2, 0.25) is 0 Å². The third-order valence-electron chi connectivity index (χ3n) is 3.68. The fourth-order valence-electron chi connectivity index (χ4n) is 2.53. The van der Waals surface area contributed by atoms with Crippen molar-refractivity contribution in [3.8, 4) is 6.07 Å². The van der Waals surface area contributed by atoms with Gasteiger partial charge in [0.2, 0.25) is 0 Å². The molecular formula is C20H17N3. The number of nitrogens with zero attached hydrogens (tertiary/aromatic N) is 2. The van der Waals surface area contributed by atoms with Gasteiger partial charge in [0, 0.05) is 11.9 Å². The van der Waals surface area contributed by atoms with Gasteiger partial charge in [0.1, 0.15) is 0 Å².